The van der Waals surface area contributed by atoms with E-state index in [1.165, 1.54) is 7.05 Å². The molecule has 0 atom stereocenters. The van der Waals surface area contributed by atoms with Gasteiger partial charge >= 0.3 is 0 Å². The summed E-state index contributed by atoms with van der Waals surface area (Å²) in [4.78, 5) is 10.4. The second-order valence-electron chi connectivity index (χ2n) is 3.29. The number of halogens is 1. The summed E-state index contributed by atoms with van der Waals surface area (Å²) in [6.45, 7) is 0. The third kappa shape index (κ3) is 1.36. The molecule has 1 aromatic rings. The second kappa shape index (κ2) is 3.61. The minimum Gasteiger partial charge on any atom is -0.297 e. The molecule has 84 valence electrons. The zero-order valence-corrected chi connectivity index (χ0v) is 9.92. The highest BCUT2D eigenvalue weighted by atomic mass is 35.5. The van der Waals surface area contributed by atoms with E-state index in [1.807, 2.05) is 0 Å². The summed E-state index contributed by atoms with van der Waals surface area (Å²) in [6, 6.07) is 6.75. The van der Waals surface area contributed by atoms with E-state index >= 15 is 0 Å². The number of fused-ring (bicyclic) bond motifs is 1. The number of allylic oxidation sites excluding steroid dienone is 1. The van der Waals surface area contributed by atoms with Crippen LogP contribution in [0.3, 0.4) is 0 Å². The van der Waals surface area contributed by atoms with Gasteiger partial charge in [-0.25, -0.2) is 8.42 Å². The summed E-state index contributed by atoms with van der Waals surface area (Å²) < 4.78 is 24.8. The Morgan fingerprint density at radius 3 is 2.56 bits per heavy atom. The van der Waals surface area contributed by atoms with Crippen molar-refractivity contribution in [1.29, 1.82) is 0 Å². The first-order valence-electron chi connectivity index (χ1n) is 4.43. The van der Waals surface area contributed by atoms with Gasteiger partial charge in [0.05, 0.1) is 10.7 Å². The Kier molecular flexibility index (Phi) is 2.52. The van der Waals surface area contributed by atoms with Gasteiger partial charge in [-0.2, -0.15) is 0 Å². The third-order valence-corrected chi connectivity index (χ3v) is 4.73. The molecule has 1 heterocycles. The summed E-state index contributed by atoms with van der Waals surface area (Å²) in [6.07, 6.45) is 0.268. The average molecular weight is 258 g/mol. The maximum absolute atomic E-state index is 11.9. The lowest BCUT2D eigenvalue weighted by atomic mass is 10.1. The fourth-order valence-electron chi connectivity index (χ4n) is 1.57. The number of sulfonamides is 1. The molecule has 0 aromatic heterocycles. The van der Waals surface area contributed by atoms with Crippen molar-refractivity contribution < 1.29 is 13.2 Å². The molecule has 0 saturated heterocycles. The van der Waals surface area contributed by atoms with Crippen LogP contribution in [0.2, 0.25) is 0 Å². The number of carbonyl (C=O) groups is 1. The molecular weight excluding hydrogens is 250 g/mol. The molecule has 16 heavy (non-hydrogen) atoms. The Hall–Kier alpha value is -1.33. The SMILES string of the molecule is CN1c2ccccc2C(Cl)=C(C=O)S1(=O)=O. The van der Waals surface area contributed by atoms with Crippen LogP contribution in [0.1, 0.15) is 5.56 Å². The van der Waals surface area contributed by atoms with E-state index in [0.29, 0.717) is 11.3 Å². The molecule has 0 bridgehead atoms. The van der Waals surface area contributed by atoms with Gasteiger partial charge in [0.25, 0.3) is 10.0 Å². The Morgan fingerprint density at radius 1 is 1.31 bits per heavy atom. The molecule has 0 aliphatic carbocycles. The lowest BCUT2D eigenvalue weighted by molar-refractivity contribution is -0.104. The van der Waals surface area contributed by atoms with Gasteiger partial charge < -0.3 is 0 Å². The van der Waals surface area contributed by atoms with Crippen LogP contribution in [0, 0.1) is 0 Å². The van der Waals surface area contributed by atoms with E-state index in [1.54, 1.807) is 24.3 Å². The fourth-order valence-corrected chi connectivity index (χ4v) is 3.24. The lowest BCUT2D eigenvalue weighted by Gasteiger charge is -2.26. The second-order valence-corrected chi connectivity index (χ2v) is 5.60. The predicted octanol–water partition coefficient (Wildman–Crippen LogP) is 1.57. The predicted molar refractivity (Wildman–Crippen MR) is 62.6 cm³/mol. The monoisotopic (exact) mass is 257 g/mol. The molecule has 0 unspecified atom stereocenters. The van der Waals surface area contributed by atoms with Crippen molar-refractivity contribution in [3.05, 3.63) is 34.7 Å². The molecule has 0 saturated carbocycles. The summed E-state index contributed by atoms with van der Waals surface area (Å²) in [5.41, 5.74) is 1.02. The topological polar surface area (TPSA) is 54.5 Å². The Labute approximate surface area is 98.2 Å². The maximum Gasteiger partial charge on any atom is 0.268 e. The van der Waals surface area contributed by atoms with Crippen LogP contribution in [0.5, 0.6) is 0 Å². The Morgan fingerprint density at radius 2 is 1.94 bits per heavy atom. The minimum atomic E-state index is -3.80. The summed E-state index contributed by atoms with van der Waals surface area (Å²) in [7, 11) is -2.41. The molecule has 2 rings (SSSR count). The van der Waals surface area contributed by atoms with Gasteiger partial charge in [0.15, 0.2) is 6.29 Å². The van der Waals surface area contributed by atoms with Crippen LogP contribution in [0.25, 0.3) is 5.03 Å². The first kappa shape index (κ1) is 11.2. The van der Waals surface area contributed by atoms with Gasteiger partial charge in [0.1, 0.15) is 4.91 Å². The molecule has 0 amide bonds. The highest BCUT2D eigenvalue weighted by molar-refractivity contribution is 7.97. The lowest BCUT2D eigenvalue weighted by Crippen LogP contribution is -2.32. The van der Waals surface area contributed by atoms with Crippen LogP contribution in [-0.2, 0) is 14.8 Å². The Bertz CT molecular complexity index is 592. The number of aldehydes is 1. The molecule has 0 radical (unpaired) electrons. The van der Waals surface area contributed by atoms with Crippen molar-refractivity contribution in [3.63, 3.8) is 0 Å². The number of hydrogen-bond acceptors (Lipinski definition) is 3. The summed E-state index contributed by atoms with van der Waals surface area (Å²) >= 11 is 5.91. The molecule has 0 fully saturated rings. The van der Waals surface area contributed by atoms with Gasteiger partial charge in [0, 0.05) is 12.6 Å². The van der Waals surface area contributed by atoms with E-state index in [4.69, 9.17) is 11.6 Å². The molecule has 1 aliphatic heterocycles. The van der Waals surface area contributed by atoms with Gasteiger partial charge in [-0.05, 0) is 6.07 Å². The maximum atomic E-state index is 11.9. The highest BCUT2D eigenvalue weighted by Crippen LogP contribution is 2.39. The first-order chi connectivity index (χ1) is 7.50. The van der Waals surface area contributed by atoms with Crippen molar-refractivity contribution in [2.45, 2.75) is 0 Å². The fraction of sp³-hybridized carbons (Fsp3) is 0.100. The van der Waals surface area contributed by atoms with Crippen molar-refractivity contribution in [2.24, 2.45) is 0 Å². The number of anilines is 1. The molecule has 0 spiro atoms. The molecule has 0 N–H and O–H groups in total. The third-order valence-electron chi connectivity index (χ3n) is 2.44. The van der Waals surface area contributed by atoms with Gasteiger partial charge in [-0.1, -0.05) is 29.8 Å². The molecule has 6 heteroatoms. The van der Waals surface area contributed by atoms with E-state index in [-0.39, 0.29) is 11.3 Å². The number of carbonyl (C=O) groups excluding carboxylic acids is 1. The van der Waals surface area contributed by atoms with Gasteiger partial charge in [-0.15, -0.1) is 0 Å². The zero-order valence-electron chi connectivity index (χ0n) is 8.34. The number of hydrogen-bond donors (Lipinski definition) is 0. The van der Waals surface area contributed by atoms with Crippen LogP contribution >= 0.6 is 11.6 Å². The molecular formula is C10H8ClNO3S. The quantitative estimate of drug-likeness (QED) is 0.718. The largest absolute Gasteiger partial charge is 0.297 e. The van der Waals surface area contributed by atoms with Gasteiger partial charge in [0.2, 0.25) is 0 Å². The number of rotatable bonds is 1. The highest BCUT2D eigenvalue weighted by Gasteiger charge is 2.33. The standard InChI is InChI=1S/C10H8ClNO3S/c1-12-8-5-3-2-4-7(8)10(11)9(6-13)16(12,14)15/h2-6H,1H3. The zero-order chi connectivity index (χ0) is 11.9. The van der Waals surface area contributed by atoms with Crippen LogP contribution < -0.4 is 4.31 Å². The normalized spacial score (nSPS) is 18.2. The van der Waals surface area contributed by atoms with Crippen molar-refractivity contribution in [1.82, 2.24) is 0 Å². The molecule has 1 aliphatic rings. The van der Waals surface area contributed by atoms with Crippen molar-refractivity contribution in [2.75, 3.05) is 11.4 Å². The van der Waals surface area contributed by atoms with Crippen molar-refractivity contribution in [3.8, 4) is 0 Å². The van der Waals surface area contributed by atoms with Crippen LogP contribution in [-0.4, -0.2) is 21.8 Å². The van der Waals surface area contributed by atoms with Crippen molar-refractivity contribution >= 4 is 38.6 Å². The smallest absolute Gasteiger partial charge is 0.268 e. The van der Waals surface area contributed by atoms with Gasteiger partial charge in [-0.3, -0.25) is 9.10 Å². The van der Waals surface area contributed by atoms with E-state index in [9.17, 15) is 13.2 Å². The van der Waals surface area contributed by atoms with Crippen LogP contribution in [0.15, 0.2) is 29.2 Å². The minimum absolute atomic E-state index is 0.0244. The van der Waals surface area contributed by atoms with Crippen LogP contribution in [0.4, 0.5) is 5.69 Å². The molecule has 1 aromatic carbocycles. The summed E-state index contributed by atoms with van der Waals surface area (Å²) in [5, 5.41) is -0.0244. The average Bonchev–Trinajstić information content (AvgIpc) is 2.27. The van der Waals surface area contributed by atoms with E-state index in [0.717, 1.165) is 4.31 Å². The number of benzene rings is 1. The summed E-state index contributed by atoms with van der Waals surface area (Å²) in [5.74, 6) is 0. The Balaban J connectivity index is 2.86. The van der Waals surface area contributed by atoms with E-state index in [2.05, 4.69) is 0 Å². The number of para-hydroxylation sites is 1. The first-order valence-corrected chi connectivity index (χ1v) is 6.25. The van der Waals surface area contributed by atoms with E-state index < -0.39 is 14.9 Å². The molecule has 4 nitrogen and oxygen atoms in total. The number of nitrogens with zero attached hydrogens (tertiary/aromatic N) is 1.